The largest absolute Gasteiger partial charge is 0.448 e. The number of carbonyl (C=O) groups excluding carboxylic acids is 1. The first-order chi connectivity index (χ1) is 34.8. The summed E-state index contributed by atoms with van der Waals surface area (Å²) in [5.74, 6) is -2.89. The van der Waals surface area contributed by atoms with E-state index in [1.165, 1.54) is 31.6 Å². The number of anilines is 1. The van der Waals surface area contributed by atoms with Gasteiger partial charge in [-0.3, -0.25) is 4.79 Å². The zero-order valence-corrected chi connectivity index (χ0v) is 48.1. The van der Waals surface area contributed by atoms with Crippen LogP contribution < -0.4 is 4.90 Å². The number of cyclic esters (lactones) is 1. The third-order valence-corrected chi connectivity index (χ3v) is 18.1. The maximum atomic E-state index is 14.9. The maximum Gasteiger partial charge on any atom is 0.312 e. The number of benzene rings is 1. The van der Waals surface area contributed by atoms with E-state index in [-0.39, 0.29) is 18.8 Å². The zero-order chi connectivity index (χ0) is 54.6. The van der Waals surface area contributed by atoms with Crippen LogP contribution in [0, 0.1) is 17.8 Å². The number of halogens is 2. The van der Waals surface area contributed by atoms with Crippen molar-refractivity contribution in [3.63, 3.8) is 0 Å². The van der Waals surface area contributed by atoms with Gasteiger partial charge in [0.15, 0.2) is 16.7 Å². The Morgan fingerprint density at radius 2 is 1.62 bits per heavy atom. The molecule has 4 aliphatic heterocycles. The molecular formula is C53H88FIN6O13. The van der Waals surface area contributed by atoms with Gasteiger partial charge in [-0.2, -0.15) is 0 Å². The summed E-state index contributed by atoms with van der Waals surface area (Å²) in [6, 6.07) is 6.26. The molecule has 0 unspecified atom stereocenters. The Bertz CT molecular complexity index is 2070. The van der Waals surface area contributed by atoms with Gasteiger partial charge in [-0.15, -0.1) is 5.10 Å². The number of carbonyl (C=O) groups is 1. The summed E-state index contributed by atoms with van der Waals surface area (Å²) in [6.07, 6.45) is -4.57. The van der Waals surface area contributed by atoms with E-state index in [1.807, 2.05) is 72.5 Å². The topological polar surface area (TPSA) is 223 Å². The Kier molecular flexibility index (Phi) is 21.2. The predicted molar refractivity (Wildman–Crippen MR) is 283 cm³/mol. The van der Waals surface area contributed by atoms with E-state index in [2.05, 4.69) is 27.3 Å². The smallest absolute Gasteiger partial charge is 0.312 e. The molecule has 19 nitrogen and oxygen atoms in total. The van der Waals surface area contributed by atoms with Gasteiger partial charge in [0.1, 0.15) is 42.7 Å². The van der Waals surface area contributed by atoms with Gasteiger partial charge in [0.25, 0.3) is 0 Å². The van der Waals surface area contributed by atoms with E-state index in [0.29, 0.717) is 31.6 Å². The summed E-state index contributed by atoms with van der Waals surface area (Å²) in [6.45, 7) is 17.8. The number of aromatic nitrogens is 3. The third-order valence-electron chi connectivity index (χ3n) is 16.6. The molecule has 0 amide bonds. The Morgan fingerprint density at radius 1 is 0.959 bits per heavy atom. The second kappa shape index (κ2) is 25.7. The van der Waals surface area contributed by atoms with Crippen LogP contribution in [0.3, 0.4) is 0 Å². The monoisotopic (exact) mass is 1160 g/mol. The molecule has 20 atom stereocenters. The van der Waals surface area contributed by atoms with Crippen LogP contribution in [-0.2, 0) is 44.4 Å². The highest BCUT2D eigenvalue weighted by Crippen LogP contribution is 2.41. The van der Waals surface area contributed by atoms with Crippen LogP contribution >= 0.6 is 22.6 Å². The Morgan fingerprint density at radius 3 is 2.24 bits per heavy atom. The lowest BCUT2D eigenvalue weighted by Gasteiger charge is -2.49. The van der Waals surface area contributed by atoms with Crippen molar-refractivity contribution < 1.29 is 67.9 Å². The van der Waals surface area contributed by atoms with Gasteiger partial charge in [-0.25, -0.2) is 9.07 Å². The minimum Gasteiger partial charge on any atom is -0.448 e. The quantitative estimate of drug-likeness (QED) is 0.0935. The maximum absolute atomic E-state index is 14.9. The molecule has 422 valence electrons. The lowest BCUT2D eigenvalue weighted by atomic mass is 9.77. The van der Waals surface area contributed by atoms with Gasteiger partial charge in [-0.05, 0) is 134 Å². The summed E-state index contributed by atoms with van der Waals surface area (Å²) in [5, 5.41) is 68.2. The molecule has 0 aliphatic carbocycles. The van der Waals surface area contributed by atoms with Crippen LogP contribution in [0.4, 0.5) is 10.1 Å². The number of nitrogens with zero attached hydrogens (tertiary/aromatic N) is 6. The van der Waals surface area contributed by atoms with Crippen LogP contribution in [0.1, 0.15) is 118 Å². The molecule has 1 aromatic carbocycles. The SMILES string of the molecule is CO[C@H](c1ccc(N2CCCC2)cc1)[C@@H](CF)n1cc(CCN(C)[C@H]2C[C@@H](C)O[C@@H](O[C@@H]3[C@@H](C)[C@H](O[C@H]4C[C@@](C)(OC)[C@@H](O)[C@H](C)O4)[C@@H](C)C(=O)O[C@H](I)[C@@](C)(O)[C@H](O)[C@@H](C)N(C)C[C@H](C)C[C@@]3(C)O)[C@@H]2O)nn1. The van der Waals surface area contributed by atoms with Crippen molar-refractivity contribution in [1.29, 1.82) is 0 Å². The first-order valence-electron chi connectivity index (χ1n) is 26.5. The van der Waals surface area contributed by atoms with Gasteiger partial charge in [0.05, 0.1) is 47.2 Å². The molecule has 0 bridgehead atoms. The van der Waals surface area contributed by atoms with E-state index >= 15 is 0 Å². The van der Waals surface area contributed by atoms with Gasteiger partial charge in [-0.1, -0.05) is 31.2 Å². The van der Waals surface area contributed by atoms with E-state index in [1.54, 1.807) is 54.8 Å². The van der Waals surface area contributed by atoms with Crippen molar-refractivity contribution in [3.8, 4) is 0 Å². The molecule has 4 aliphatic rings. The number of hydrogen-bond donors (Lipinski definition) is 5. The number of ether oxygens (including phenoxy) is 7. The average molecular weight is 1160 g/mol. The standard InChI is InChI=1S/C53H88FIN6O13/c1-30-25-51(7,66)47(32(3)43(72-41-26-52(8,69-13)46(64)35(6)71-41)33(4)48(65)74-50(55)53(9,67)45(63)34(5)59(11)28-30)73-49-42(62)39(24-31(2)70-49)58(10)23-20-37-29-61(57-56-37)40(27-54)44(68-12)36-16-18-38(19-17-36)60-21-14-15-22-60/h16-19,29-35,39-47,49-50,62-64,66-67H,14-15,20-28H2,1-13H3/t30-,31-,32+,33-,34-,35+,39+,40-,41+,42-,43+,44-,45-,46+,47-,49+,50+,51-,52-,53+/m1/s1. The van der Waals surface area contributed by atoms with E-state index in [4.69, 9.17) is 33.2 Å². The molecule has 4 saturated heterocycles. The van der Waals surface area contributed by atoms with Crippen molar-refractivity contribution in [1.82, 2.24) is 24.8 Å². The minimum atomic E-state index is -1.87. The van der Waals surface area contributed by atoms with Crippen molar-refractivity contribution in [2.75, 3.05) is 66.1 Å². The molecule has 21 heteroatoms. The fourth-order valence-corrected chi connectivity index (χ4v) is 12.4. The second-order valence-electron chi connectivity index (χ2n) is 22.7. The van der Waals surface area contributed by atoms with E-state index in [9.17, 15) is 34.7 Å². The molecule has 6 rings (SSSR count). The first-order valence-corrected chi connectivity index (χ1v) is 27.8. The highest BCUT2D eigenvalue weighted by molar-refractivity contribution is 14.1. The number of aliphatic hydroxyl groups is 5. The summed E-state index contributed by atoms with van der Waals surface area (Å²) in [4.78, 5) is 20.6. The highest BCUT2D eigenvalue weighted by Gasteiger charge is 2.53. The van der Waals surface area contributed by atoms with Crippen LogP contribution in [-0.4, -0.2) is 206 Å². The summed E-state index contributed by atoms with van der Waals surface area (Å²) in [5.41, 5.74) is -1.99. The van der Waals surface area contributed by atoms with E-state index in [0.717, 1.165) is 24.3 Å². The summed E-state index contributed by atoms with van der Waals surface area (Å²) in [7, 11) is 6.78. The normalized spacial score (nSPS) is 40.4. The average Bonchev–Trinajstić information content (AvgIpc) is 4.08. The molecule has 0 radical (unpaired) electrons. The lowest BCUT2D eigenvalue weighted by Crippen LogP contribution is -2.60. The van der Waals surface area contributed by atoms with Crippen LogP contribution in [0.15, 0.2) is 30.5 Å². The molecule has 0 spiro atoms. The number of aliphatic hydroxyl groups excluding tert-OH is 3. The number of esters is 1. The van der Waals surface area contributed by atoms with Crippen molar-refractivity contribution in [3.05, 3.63) is 41.7 Å². The molecule has 74 heavy (non-hydrogen) atoms. The lowest BCUT2D eigenvalue weighted by molar-refractivity contribution is -0.318. The van der Waals surface area contributed by atoms with Gasteiger partial charge >= 0.3 is 5.97 Å². The van der Waals surface area contributed by atoms with Gasteiger partial charge in [0.2, 0.25) is 0 Å². The number of rotatable bonds is 15. The summed E-state index contributed by atoms with van der Waals surface area (Å²) < 4.78 is 59.2. The first kappa shape index (κ1) is 61.0. The molecule has 1 aromatic heterocycles. The fraction of sp³-hybridized carbons (Fsp3) is 0.830. The Balaban J connectivity index is 1.24. The predicted octanol–water partition coefficient (Wildman–Crippen LogP) is 4.59. The van der Waals surface area contributed by atoms with Crippen LogP contribution in [0.25, 0.3) is 0 Å². The molecule has 4 fully saturated rings. The third kappa shape index (κ3) is 14.0. The van der Waals surface area contributed by atoms with Crippen LogP contribution in [0.2, 0.25) is 0 Å². The minimum absolute atomic E-state index is 0.0861. The number of alkyl halides is 2. The van der Waals surface area contributed by atoms with Gasteiger partial charge < -0.3 is 73.4 Å². The Labute approximate surface area is 451 Å². The molecule has 5 heterocycles. The van der Waals surface area contributed by atoms with Gasteiger partial charge in [0, 0.05) is 83.1 Å². The second-order valence-corrected chi connectivity index (χ2v) is 23.8. The number of hydrogen-bond acceptors (Lipinski definition) is 18. The fourth-order valence-electron chi connectivity index (χ4n) is 11.8. The molecular weight excluding hydrogens is 1070 g/mol. The van der Waals surface area contributed by atoms with Crippen molar-refractivity contribution >= 4 is 34.2 Å². The highest BCUT2D eigenvalue weighted by atomic mass is 127. The summed E-state index contributed by atoms with van der Waals surface area (Å²) >= 11 is 1.82. The molecule has 0 saturated carbocycles. The van der Waals surface area contributed by atoms with Crippen molar-refractivity contribution in [2.24, 2.45) is 17.8 Å². The van der Waals surface area contributed by atoms with Crippen molar-refractivity contribution in [2.45, 2.75) is 201 Å². The molecule has 5 N–H and O–H groups in total. The van der Waals surface area contributed by atoms with E-state index < -0.39 is 125 Å². The molecule has 2 aromatic rings. The zero-order valence-electron chi connectivity index (χ0n) is 45.9. The van der Waals surface area contributed by atoms with Crippen LogP contribution in [0.5, 0.6) is 0 Å². The Hall–Kier alpha value is -2.23. The number of likely N-dealkylation sites (N-methyl/N-ethyl adjacent to an activating group) is 2. The number of methoxy groups -OCH3 is 2.